The molecule has 0 unspecified atom stereocenters. The number of allylic oxidation sites excluding steroid dienone is 1. The first-order chi connectivity index (χ1) is 7.86. The van der Waals surface area contributed by atoms with Crippen LogP contribution in [-0.2, 0) is 19.3 Å². The monoisotopic (exact) mass is 214 g/mol. The largest absolute Gasteiger partial charge is 0.0795 e. The van der Waals surface area contributed by atoms with Crippen molar-refractivity contribution in [3.05, 3.63) is 40.5 Å². The summed E-state index contributed by atoms with van der Waals surface area (Å²) < 4.78 is 0. The standard InChI is InChI=1S/C16H22/c1-3-5-6-8-14-12-11-13(4-2)15-9-7-10-16(14)15/h7,9,11-12H,3-6,8,10H2,1-2H3. The number of hydrogen-bond acceptors (Lipinski definition) is 0. The first-order valence-electron chi connectivity index (χ1n) is 6.67. The summed E-state index contributed by atoms with van der Waals surface area (Å²) in [6, 6.07) is 4.69. The summed E-state index contributed by atoms with van der Waals surface area (Å²) in [5.74, 6) is 0. The van der Waals surface area contributed by atoms with E-state index < -0.39 is 0 Å². The molecular formula is C16H22. The molecule has 0 N–H and O–H groups in total. The van der Waals surface area contributed by atoms with E-state index in [9.17, 15) is 0 Å². The van der Waals surface area contributed by atoms with Gasteiger partial charge in [-0.25, -0.2) is 0 Å². The summed E-state index contributed by atoms with van der Waals surface area (Å²) in [4.78, 5) is 0. The van der Waals surface area contributed by atoms with Gasteiger partial charge in [-0.2, -0.15) is 0 Å². The second kappa shape index (κ2) is 5.34. The highest BCUT2D eigenvalue weighted by molar-refractivity contribution is 5.65. The topological polar surface area (TPSA) is 0 Å². The van der Waals surface area contributed by atoms with Gasteiger partial charge in [0.2, 0.25) is 0 Å². The Balaban J connectivity index is 2.19. The molecule has 0 nitrogen and oxygen atoms in total. The smallest absolute Gasteiger partial charge is 0.00853 e. The third-order valence-electron chi connectivity index (χ3n) is 3.58. The highest BCUT2D eigenvalue weighted by Crippen LogP contribution is 2.28. The molecule has 1 aromatic rings. The first-order valence-corrected chi connectivity index (χ1v) is 6.67. The van der Waals surface area contributed by atoms with Crippen LogP contribution in [-0.4, -0.2) is 0 Å². The second-order valence-electron chi connectivity index (χ2n) is 4.69. The fourth-order valence-corrected chi connectivity index (χ4v) is 2.61. The maximum atomic E-state index is 2.36. The minimum atomic E-state index is 1.15. The molecule has 1 aliphatic carbocycles. The number of rotatable bonds is 5. The Hall–Kier alpha value is -1.04. The van der Waals surface area contributed by atoms with Crippen LogP contribution in [0.2, 0.25) is 0 Å². The Kier molecular flexibility index (Phi) is 3.82. The van der Waals surface area contributed by atoms with E-state index in [1.54, 1.807) is 11.1 Å². The van der Waals surface area contributed by atoms with Gasteiger partial charge < -0.3 is 0 Å². The quantitative estimate of drug-likeness (QED) is 0.631. The van der Waals surface area contributed by atoms with Crippen LogP contribution in [0.5, 0.6) is 0 Å². The minimum absolute atomic E-state index is 1.15. The van der Waals surface area contributed by atoms with Gasteiger partial charge in [-0.15, -0.1) is 0 Å². The first kappa shape index (κ1) is 11.4. The predicted molar refractivity (Wildman–Crippen MR) is 71.8 cm³/mol. The van der Waals surface area contributed by atoms with E-state index in [-0.39, 0.29) is 0 Å². The molecule has 0 amide bonds. The van der Waals surface area contributed by atoms with Crippen molar-refractivity contribution < 1.29 is 0 Å². The fraction of sp³-hybridized carbons (Fsp3) is 0.500. The molecule has 0 spiro atoms. The molecule has 0 heterocycles. The van der Waals surface area contributed by atoms with Gasteiger partial charge in [-0.3, -0.25) is 0 Å². The van der Waals surface area contributed by atoms with Gasteiger partial charge in [-0.1, -0.05) is 51.0 Å². The van der Waals surface area contributed by atoms with Crippen LogP contribution in [0, 0.1) is 0 Å². The Morgan fingerprint density at radius 3 is 2.62 bits per heavy atom. The van der Waals surface area contributed by atoms with Gasteiger partial charge in [0.05, 0.1) is 0 Å². The van der Waals surface area contributed by atoms with Gasteiger partial charge >= 0.3 is 0 Å². The molecule has 0 saturated heterocycles. The Morgan fingerprint density at radius 2 is 1.88 bits per heavy atom. The number of unbranched alkanes of at least 4 members (excludes halogenated alkanes) is 2. The highest BCUT2D eigenvalue weighted by atomic mass is 14.2. The van der Waals surface area contributed by atoms with Crippen molar-refractivity contribution in [3.8, 4) is 0 Å². The van der Waals surface area contributed by atoms with Crippen molar-refractivity contribution in [1.29, 1.82) is 0 Å². The molecule has 86 valence electrons. The van der Waals surface area contributed by atoms with Crippen molar-refractivity contribution in [1.82, 2.24) is 0 Å². The summed E-state index contributed by atoms with van der Waals surface area (Å²) >= 11 is 0. The Bertz CT molecular complexity index is 385. The van der Waals surface area contributed by atoms with Crippen LogP contribution >= 0.6 is 0 Å². The third-order valence-corrected chi connectivity index (χ3v) is 3.58. The van der Waals surface area contributed by atoms with Crippen molar-refractivity contribution >= 4 is 6.08 Å². The molecule has 16 heavy (non-hydrogen) atoms. The normalized spacial score (nSPS) is 13.1. The van der Waals surface area contributed by atoms with Crippen LogP contribution in [0.3, 0.4) is 0 Å². The van der Waals surface area contributed by atoms with Gasteiger partial charge in [-0.05, 0) is 47.9 Å². The van der Waals surface area contributed by atoms with Crippen LogP contribution in [0.1, 0.15) is 55.4 Å². The average Bonchev–Trinajstić information content (AvgIpc) is 2.79. The van der Waals surface area contributed by atoms with Crippen LogP contribution in [0.25, 0.3) is 6.08 Å². The van der Waals surface area contributed by atoms with E-state index in [0.29, 0.717) is 0 Å². The van der Waals surface area contributed by atoms with E-state index in [1.807, 2.05) is 0 Å². The molecule has 1 aromatic carbocycles. The van der Waals surface area contributed by atoms with Gasteiger partial charge in [0, 0.05) is 0 Å². The summed E-state index contributed by atoms with van der Waals surface area (Å²) in [5.41, 5.74) is 6.24. The fourth-order valence-electron chi connectivity index (χ4n) is 2.61. The number of benzene rings is 1. The summed E-state index contributed by atoms with van der Waals surface area (Å²) in [6.07, 6.45) is 12.2. The zero-order valence-electron chi connectivity index (χ0n) is 10.6. The van der Waals surface area contributed by atoms with Gasteiger partial charge in [0.25, 0.3) is 0 Å². The average molecular weight is 214 g/mol. The zero-order chi connectivity index (χ0) is 11.4. The molecule has 0 aliphatic heterocycles. The molecular weight excluding hydrogens is 192 g/mol. The van der Waals surface area contributed by atoms with E-state index in [1.165, 1.54) is 36.8 Å². The van der Waals surface area contributed by atoms with Crippen LogP contribution in [0.4, 0.5) is 0 Å². The number of fused-ring (bicyclic) bond motifs is 1. The lowest BCUT2D eigenvalue weighted by Gasteiger charge is -2.11. The molecule has 0 atom stereocenters. The molecule has 0 heteroatoms. The van der Waals surface area contributed by atoms with Gasteiger partial charge in [0.1, 0.15) is 0 Å². The minimum Gasteiger partial charge on any atom is -0.0795 e. The lowest BCUT2D eigenvalue weighted by atomic mass is 9.93. The SMILES string of the molecule is CCCCCc1ccc(CC)c2c1CC=C2. The summed E-state index contributed by atoms with van der Waals surface area (Å²) in [5, 5.41) is 0. The molecule has 0 aromatic heterocycles. The molecule has 0 bridgehead atoms. The summed E-state index contributed by atoms with van der Waals surface area (Å²) in [6.45, 7) is 4.52. The number of aryl methyl sites for hydroxylation is 2. The van der Waals surface area contributed by atoms with E-state index >= 15 is 0 Å². The molecule has 0 saturated carbocycles. The summed E-state index contributed by atoms with van der Waals surface area (Å²) in [7, 11) is 0. The second-order valence-corrected chi connectivity index (χ2v) is 4.69. The molecule has 0 radical (unpaired) electrons. The van der Waals surface area contributed by atoms with Crippen LogP contribution < -0.4 is 0 Å². The van der Waals surface area contributed by atoms with Crippen LogP contribution in [0.15, 0.2) is 18.2 Å². The Labute approximate surface area is 99.4 Å². The number of hydrogen-bond donors (Lipinski definition) is 0. The van der Waals surface area contributed by atoms with Gasteiger partial charge in [0.15, 0.2) is 0 Å². The Morgan fingerprint density at radius 1 is 1.06 bits per heavy atom. The maximum absolute atomic E-state index is 2.36. The zero-order valence-corrected chi connectivity index (χ0v) is 10.6. The van der Waals surface area contributed by atoms with Crippen molar-refractivity contribution in [2.24, 2.45) is 0 Å². The molecule has 0 fully saturated rings. The van der Waals surface area contributed by atoms with Crippen molar-refractivity contribution in [2.45, 2.75) is 52.4 Å². The van der Waals surface area contributed by atoms with E-state index in [0.717, 1.165) is 12.8 Å². The lowest BCUT2D eigenvalue weighted by Crippen LogP contribution is -1.97. The highest BCUT2D eigenvalue weighted by Gasteiger charge is 2.12. The molecule has 1 aliphatic rings. The van der Waals surface area contributed by atoms with Crippen molar-refractivity contribution in [3.63, 3.8) is 0 Å². The van der Waals surface area contributed by atoms with E-state index in [2.05, 4.69) is 38.1 Å². The predicted octanol–water partition coefficient (Wildman–Crippen LogP) is 4.55. The van der Waals surface area contributed by atoms with E-state index in [4.69, 9.17) is 0 Å². The molecule has 2 rings (SSSR count). The lowest BCUT2D eigenvalue weighted by molar-refractivity contribution is 0.714. The third kappa shape index (κ3) is 2.21. The van der Waals surface area contributed by atoms with Crippen molar-refractivity contribution in [2.75, 3.05) is 0 Å². The maximum Gasteiger partial charge on any atom is -0.00853 e.